The van der Waals surface area contributed by atoms with Crippen molar-refractivity contribution >= 4 is 23.5 Å². The molecule has 0 saturated carbocycles. The molecular weight excluding hydrogens is 797 g/mol. The maximum atomic E-state index is 3.32. The minimum atomic E-state index is -0.301. The van der Waals surface area contributed by atoms with Gasteiger partial charge in [-0.15, -0.1) is 70.9 Å². The number of thioether (sulfide) groups is 2. The van der Waals surface area contributed by atoms with Crippen molar-refractivity contribution in [3.63, 3.8) is 0 Å². The lowest BCUT2D eigenvalue weighted by Gasteiger charge is -2.38. The Morgan fingerprint density at radius 3 is 1.03 bits per heavy atom. The molecule has 0 aliphatic heterocycles. The second-order valence-corrected chi connectivity index (χ2v) is 19.3. The third-order valence-electron chi connectivity index (χ3n) is 11.6. The lowest BCUT2D eigenvalue weighted by molar-refractivity contribution is 0.399. The van der Waals surface area contributed by atoms with Gasteiger partial charge in [-0.05, 0) is 64.5 Å². The molecule has 63 heavy (non-hydrogen) atoms. The minimum absolute atomic E-state index is 0.0142. The molecule has 0 amide bonds. The Kier molecular flexibility index (Phi) is 17.5. The molecule has 2 aliphatic carbocycles. The molecule has 0 unspecified atom stereocenters. The standard InChI is InChI=1S/C30H30S.C26H24S.C5H6/c1-4-6-23-29(3,24-7-5-2)25-31-30(26-17-11-8-12-18-26,27-19-13-9-14-20-27)28-21-15-10-16-22-28;1-25(19-11-12-20-25)21-27-26(22-13-5-2-6-14-22,23-15-7-3-8-16-23)24-17-9-4-10-18-24;1-2-4-5-3-1/h8-22H,23-25H2,1-3H3;2-10,13-18H,19-21H2,1H3;1-3H2. The summed E-state index contributed by atoms with van der Waals surface area (Å²) in [6.45, 7) is 8.52. The van der Waals surface area contributed by atoms with Crippen LogP contribution in [0.4, 0.5) is 0 Å². The van der Waals surface area contributed by atoms with Gasteiger partial charge in [0.05, 0.1) is 9.49 Å². The Labute approximate surface area is 388 Å². The molecule has 0 radical (unpaired) electrons. The molecule has 0 heterocycles. The van der Waals surface area contributed by atoms with E-state index in [4.69, 9.17) is 0 Å². The first kappa shape index (κ1) is 46.8. The summed E-state index contributed by atoms with van der Waals surface area (Å²) in [5.41, 5.74) is 8.11. The third-order valence-corrected chi connectivity index (χ3v) is 15.6. The second-order valence-electron chi connectivity index (χ2n) is 16.9. The molecule has 0 N–H and O–H groups in total. The van der Waals surface area contributed by atoms with Gasteiger partial charge in [0, 0.05) is 50.0 Å². The lowest BCUT2D eigenvalue weighted by Crippen LogP contribution is -2.29. The fourth-order valence-electron chi connectivity index (χ4n) is 8.03. The van der Waals surface area contributed by atoms with Crippen molar-refractivity contribution in [2.24, 2.45) is 10.8 Å². The molecule has 0 aromatic heterocycles. The fraction of sp³-hybridized carbons (Fsp3) is 0.279. The first-order valence-electron chi connectivity index (χ1n) is 22.2. The summed E-state index contributed by atoms with van der Waals surface area (Å²) in [4.78, 5) is 0. The van der Waals surface area contributed by atoms with Crippen LogP contribution in [0.3, 0.4) is 0 Å². The van der Waals surface area contributed by atoms with E-state index < -0.39 is 0 Å². The highest BCUT2D eigenvalue weighted by Crippen LogP contribution is 2.52. The van der Waals surface area contributed by atoms with E-state index in [1.807, 2.05) is 37.4 Å². The Morgan fingerprint density at radius 1 is 0.460 bits per heavy atom. The Bertz CT molecular complexity index is 2300. The van der Waals surface area contributed by atoms with Crippen LogP contribution in [0, 0.1) is 58.2 Å². The average Bonchev–Trinajstić information content (AvgIpc) is 4.10. The minimum Gasteiger partial charge on any atom is -0.140 e. The fourth-order valence-corrected chi connectivity index (χ4v) is 11.4. The first-order valence-corrected chi connectivity index (χ1v) is 24.2. The smallest absolute Gasteiger partial charge is 0.0907 e. The molecule has 0 fully saturated rings. The lowest BCUT2D eigenvalue weighted by atomic mass is 9.84. The maximum Gasteiger partial charge on any atom is 0.0907 e. The van der Waals surface area contributed by atoms with Gasteiger partial charge in [-0.25, -0.2) is 0 Å². The van der Waals surface area contributed by atoms with Crippen LogP contribution in [0.25, 0.3) is 0 Å². The van der Waals surface area contributed by atoms with Gasteiger partial charge < -0.3 is 0 Å². The monoisotopic (exact) mass is 856 g/mol. The zero-order valence-corrected chi connectivity index (χ0v) is 39.1. The van der Waals surface area contributed by atoms with Crippen LogP contribution < -0.4 is 0 Å². The highest BCUT2D eigenvalue weighted by Gasteiger charge is 2.41. The molecule has 0 nitrogen and oxygen atoms in total. The summed E-state index contributed by atoms with van der Waals surface area (Å²) in [6, 6.07) is 65.4. The molecule has 2 heteroatoms. The molecule has 6 aromatic carbocycles. The average molecular weight is 857 g/mol. The van der Waals surface area contributed by atoms with Gasteiger partial charge in [-0.3, -0.25) is 0 Å². The van der Waals surface area contributed by atoms with E-state index in [1.165, 1.54) is 39.8 Å². The zero-order valence-electron chi connectivity index (χ0n) is 37.5. The molecule has 0 bridgehead atoms. The van der Waals surface area contributed by atoms with Gasteiger partial charge in [-0.1, -0.05) is 196 Å². The summed E-state index contributed by atoms with van der Waals surface area (Å²) in [5.74, 6) is 27.4. The quantitative estimate of drug-likeness (QED) is 0.0791. The molecule has 2 aliphatic rings. The van der Waals surface area contributed by atoms with E-state index in [-0.39, 0.29) is 20.3 Å². The maximum absolute atomic E-state index is 3.32. The molecule has 8 rings (SSSR count). The highest BCUT2D eigenvalue weighted by atomic mass is 32.2. The number of benzene rings is 6. The Balaban J connectivity index is 0.000000190. The Hall–Kier alpha value is -5.74. The van der Waals surface area contributed by atoms with Crippen molar-refractivity contribution < 1.29 is 0 Å². The third kappa shape index (κ3) is 12.3. The van der Waals surface area contributed by atoms with E-state index in [0.29, 0.717) is 0 Å². The summed E-state index contributed by atoms with van der Waals surface area (Å²) < 4.78 is -0.528. The van der Waals surface area contributed by atoms with Crippen LogP contribution >= 0.6 is 23.5 Å². The van der Waals surface area contributed by atoms with Crippen LogP contribution in [0.15, 0.2) is 182 Å². The van der Waals surface area contributed by atoms with E-state index in [0.717, 1.165) is 50.0 Å². The first-order chi connectivity index (χ1) is 30.9. The molecule has 316 valence electrons. The molecule has 0 spiro atoms. The second kappa shape index (κ2) is 23.6. The van der Waals surface area contributed by atoms with Gasteiger partial charge in [0.15, 0.2) is 0 Å². The van der Waals surface area contributed by atoms with Crippen molar-refractivity contribution in [1.82, 2.24) is 0 Å². The predicted molar refractivity (Wildman–Crippen MR) is 274 cm³/mol. The van der Waals surface area contributed by atoms with Crippen LogP contribution in [0.5, 0.6) is 0 Å². The SMILES string of the molecule is C1#CCCC1.CC#CCC(C)(CC#CC)CSC(c1ccccc1)(c1ccccc1)c1ccccc1.CC1(CSC(c2ccccc2)(c2ccccc2)c2ccccc2)CC#CC1. The number of rotatable bonds is 14. The highest BCUT2D eigenvalue weighted by molar-refractivity contribution is 8.00. The van der Waals surface area contributed by atoms with Crippen LogP contribution in [-0.2, 0) is 9.49 Å². The van der Waals surface area contributed by atoms with Crippen molar-refractivity contribution in [3.05, 3.63) is 215 Å². The summed E-state index contributed by atoms with van der Waals surface area (Å²) in [7, 11) is 0. The van der Waals surface area contributed by atoms with E-state index >= 15 is 0 Å². The van der Waals surface area contributed by atoms with Gasteiger partial charge >= 0.3 is 0 Å². The predicted octanol–water partition coefficient (Wildman–Crippen LogP) is 15.2. The Morgan fingerprint density at radius 2 is 0.762 bits per heavy atom. The van der Waals surface area contributed by atoms with Gasteiger partial charge in [-0.2, -0.15) is 0 Å². The van der Waals surface area contributed by atoms with Crippen LogP contribution in [-0.4, -0.2) is 11.5 Å². The van der Waals surface area contributed by atoms with Crippen molar-refractivity contribution in [3.8, 4) is 47.4 Å². The molecule has 0 atom stereocenters. The van der Waals surface area contributed by atoms with Crippen molar-refractivity contribution in [2.45, 2.75) is 82.1 Å². The molecule has 0 saturated heterocycles. The molecular formula is C61H60S2. The van der Waals surface area contributed by atoms with Gasteiger partial charge in [0.1, 0.15) is 0 Å². The van der Waals surface area contributed by atoms with Crippen molar-refractivity contribution in [2.75, 3.05) is 11.5 Å². The topological polar surface area (TPSA) is 0 Å². The summed E-state index contributed by atoms with van der Waals surface area (Å²) in [5, 5.41) is 0. The molecule has 6 aromatic rings. The van der Waals surface area contributed by atoms with Crippen LogP contribution in [0.2, 0.25) is 0 Å². The van der Waals surface area contributed by atoms with Gasteiger partial charge in [0.25, 0.3) is 0 Å². The van der Waals surface area contributed by atoms with Crippen molar-refractivity contribution in [1.29, 1.82) is 0 Å². The van der Waals surface area contributed by atoms with E-state index in [2.05, 4.69) is 243 Å². The number of hydrogen-bond donors (Lipinski definition) is 0. The van der Waals surface area contributed by atoms with Gasteiger partial charge in [0.2, 0.25) is 0 Å². The van der Waals surface area contributed by atoms with E-state index in [1.54, 1.807) is 0 Å². The zero-order chi connectivity index (χ0) is 44.1. The largest absolute Gasteiger partial charge is 0.140 e. The van der Waals surface area contributed by atoms with Crippen LogP contribution in [0.1, 0.15) is 106 Å². The number of hydrogen-bond acceptors (Lipinski definition) is 2. The summed E-state index contributed by atoms with van der Waals surface area (Å²) in [6.07, 6.45) is 7.24. The van der Waals surface area contributed by atoms with E-state index in [9.17, 15) is 0 Å². The summed E-state index contributed by atoms with van der Waals surface area (Å²) >= 11 is 4.04. The normalized spacial score (nSPS) is 13.3.